The molecule has 1 saturated heterocycles. The van der Waals surface area contributed by atoms with Crippen LogP contribution in [-0.2, 0) is 9.59 Å². The maximum absolute atomic E-state index is 11.7. The van der Waals surface area contributed by atoms with Gasteiger partial charge in [0.25, 0.3) is 0 Å². The maximum Gasteiger partial charge on any atom is 0.242 e. The highest BCUT2D eigenvalue weighted by atomic mass is 16.2. The molecule has 98 valence electrons. The minimum Gasteiger partial charge on any atom is -0.357 e. The number of likely N-dealkylation sites (tertiary alicyclic amines) is 1. The highest BCUT2D eigenvalue weighted by Gasteiger charge is 2.20. The average molecular weight is 242 g/mol. The van der Waals surface area contributed by atoms with Crippen molar-refractivity contribution >= 4 is 11.8 Å². The number of amides is 2. The first-order chi connectivity index (χ1) is 8.02. The molecular formula is C11H22N4O2. The Hall–Kier alpha value is -1.14. The van der Waals surface area contributed by atoms with Crippen LogP contribution in [0.3, 0.4) is 0 Å². The largest absolute Gasteiger partial charge is 0.357 e. The fraction of sp³-hybridized carbons (Fsp3) is 0.818. The second kappa shape index (κ2) is 6.56. The van der Waals surface area contributed by atoms with Crippen LogP contribution in [0.2, 0.25) is 0 Å². The number of nitrogens with one attached hydrogen (secondary N) is 2. The third-order valence-corrected chi connectivity index (χ3v) is 3.02. The van der Waals surface area contributed by atoms with Gasteiger partial charge in [0.05, 0.1) is 6.54 Å². The number of rotatable bonds is 4. The lowest BCUT2D eigenvalue weighted by Gasteiger charge is -2.29. The SMILES string of the molecule is CNC(=O)C(C)NC(=O)CN1CCC(N)CC1. The molecule has 0 aromatic rings. The van der Waals surface area contributed by atoms with Crippen molar-refractivity contribution in [2.45, 2.75) is 31.8 Å². The topological polar surface area (TPSA) is 87.5 Å². The predicted molar refractivity (Wildman–Crippen MR) is 65.3 cm³/mol. The summed E-state index contributed by atoms with van der Waals surface area (Å²) in [5, 5.41) is 5.16. The van der Waals surface area contributed by atoms with Gasteiger partial charge in [-0.05, 0) is 19.8 Å². The maximum atomic E-state index is 11.7. The molecule has 2 amide bonds. The number of nitrogens with zero attached hydrogens (tertiary/aromatic N) is 1. The lowest BCUT2D eigenvalue weighted by atomic mass is 10.1. The third kappa shape index (κ3) is 4.70. The number of carbonyl (C=O) groups excluding carboxylic acids is 2. The molecule has 1 heterocycles. The van der Waals surface area contributed by atoms with Gasteiger partial charge in [0.2, 0.25) is 11.8 Å². The summed E-state index contributed by atoms with van der Waals surface area (Å²) in [6.45, 7) is 3.71. The molecule has 0 aromatic heterocycles. The van der Waals surface area contributed by atoms with E-state index in [-0.39, 0.29) is 17.9 Å². The molecule has 1 rings (SSSR count). The minimum absolute atomic E-state index is 0.114. The van der Waals surface area contributed by atoms with E-state index in [2.05, 4.69) is 15.5 Å². The summed E-state index contributed by atoms with van der Waals surface area (Å²) in [6, 6.07) is -0.223. The summed E-state index contributed by atoms with van der Waals surface area (Å²) in [6.07, 6.45) is 1.86. The molecule has 1 atom stereocenters. The monoisotopic (exact) mass is 242 g/mol. The average Bonchev–Trinajstić information content (AvgIpc) is 2.30. The van der Waals surface area contributed by atoms with Gasteiger partial charge in [-0.3, -0.25) is 14.5 Å². The summed E-state index contributed by atoms with van der Waals surface area (Å²) in [5.41, 5.74) is 5.79. The van der Waals surface area contributed by atoms with E-state index in [0.717, 1.165) is 25.9 Å². The second-order valence-corrected chi connectivity index (χ2v) is 4.52. The van der Waals surface area contributed by atoms with Gasteiger partial charge in [-0.1, -0.05) is 0 Å². The molecule has 0 saturated carbocycles. The van der Waals surface area contributed by atoms with Crippen LogP contribution in [0.5, 0.6) is 0 Å². The van der Waals surface area contributed by atoms with Gasteiger partial charge in [0.1, 0.15) is 6.04 Å². The molecule has 0 bridgehead atoms. The second-order valence-electron chi connectivity index (χ2n) is 4.52. The first-order valence-corrected chi connectivity index (χ1v) is 6.02. The molecule has 0 spiro atoms. The van der Waals surface area contributed by atoms with E-state index in [9.17, 15) is 9.59 Å². The Morgan fingerprint density at radius 2 is 2.00 bits per heavy atom. The molecule has 6 heteroatoms. The molecule has 4 N–H and O–H groups in total. The molecule has 0 aliphatic carbocycles. The van der Waals surface area contributed by atoms with Crippen molar-refractivity contribution in [1.29, 1.82) is 0 Å². The van der Waals surface area contributed by atoms with Crippen LogP contribution in [0.25, 0.3) is 0 Å². The predicted octanol–water partition coefficient (Wildman–Crippen LogP) is -1.34. The van der Waals surface area contributed by atoms with Crippen molar-refractivity contribution in [3.63, 3.8) is 0 Å². The first-order valence-electron chi connectivity index (χ1n) is 6.02. The van der Waals surface area contributed by atoms with Gasteiger partial charge in [-0.2, -0.15) is 0 Å². The standard InChI is InChI=1S/C11H22N4O2/c1-8(11(17)13-2)14-10(16)7-15-5-3-9(12)4-6-15/h8-9H,3-7,12H2,1-2H3,(H,13,17)(H,14,16). The van der Waals surface area contributed by atoms with Gasteiger partial charge in [0.15, 0.2) is 0 Å². The smallest absolute Gasteiger partial charge is 0.242 e. The quantitative estimate of drug-likeness (QED) is 0.569. The van der Waals surface area contributed by atoms with Crippen molar-refractivity contribution in [3.05, 3.63) is 0 Å². The fourth-order valence-electron chi connectivity index (χ4n) is 1.88. The molecular weight excluding hydrogens is 220 g/mol. The zero-order chi connectivity index (χ0) is 12.8. The van der Waals surface area contributed by atoms with Gasteiger partial charge < -0.3 is 16.4 Å². The Morgan fingerprint density at radius 1 is 1.41 bits per heavy atom. The van der Waals surface area contributed by atoms with Crippen LogP contribution >= 0.6 is 0 Å². The van der Waals surface area contributed by atoms with E-state index < -0.39 is 6.04 Å². The van der Waals surface area contributed by atoms with Gasteiger partial charge in [-0.15, -0.1) is 0 Å². The number of nitrogens with two attached hydrogens (primary N) is 1. The van der Waals surface area contributed by atoms with Crippen molar-refractivity contribution in [2.75, 3.05) is 26.7 Å². The lowest BCUT2D eigenvalue weighted by Crippen LogP contribution is -2.49. The molecule has 1 aliphatic heterocycles. The summed E-state index contributed by atoms with van der Waals surface area (Å²) < 4.78 is 0. The summed E-state index contributed by atoms with van der Waals surface area (Å²) in [7, 11) is 1.55. The van der Waals surface area contributed by atoms with Crippen LogP contribution in [-0.4, -0.2) is 55.5 Å². The number of carbonyl (C=O) groups is 2. The van der Waals surface area contributed by atoms with Gasteiger partial charge >= 0.3 is 0 Å². The molecule has 1 aliphatic rings. The van der Waals surface area contributed by atoms with Gasteiger partial charge in [0, 0.05) is 26.2 Å². The van der Waals surface area contributed by atoms with Crippen LogP contribution in [0, 0.1) is 0 Å². The van der Waals surface area contributed by atoms with Crippen LogP contribution < -0.4 is 16.4 Å². The summed E-state index contributed by atoms with van der Waals surface area (Å²) in [4.78, 5) is 25.0. The summed E-state index contributed by atoms with van der Waals surface area (Å²) >= 11 is 0. The van der Waals surface area contributed by atoms with Crippen molar-refractivity contribution in [3.8, 4) is 0 Å². The Kier molecular flexibility index (Phi) is 5.37. The molecule has 17 heavy (non-hydrogen) atoms. The lowest BCUT2D eigenvalue weighted by molar-refractivity contribution is -0.129. The number of piperidine rings is 1. The van der Waals surface area contributed by atoms with Gasteiger partial charge in [-0.25, -0.2) is 0 Å². The zero-order valence-corrected chi connectivity index (χ0v) is 10.5. The molecule has 6 nitrogen and oxygen atoms in total. The fourth-order valence-corrected chi connectivity index (χ4v) is 1.88. The highest BCUT2D eigenvalue weighted by molar-refractivity contribution is 5.87. The van der Waals surface area contributed by atoms with Crippen molar-refractivity contribution in [1.82, 2.24) is 15.5 Å². The molecule has 1 unspecified atom stereocenters. The first kappa shape index (κ1) is 13.9. The molecule has 1 fully saturated rings. The van der Waals surface area contributed by atoms with E-state index in [1.54, 1.807) is 14.0 Å². The van der Waals surface area contributed by atoms with E-state index in [1.807, 2.05) is 0 Å². The highest BCUT2D eigenvalue weighted by Crippen LogP contribution is 2.07. The van der Waals surface area contributed by atoms with E-state index in [4.69, 9.17) is 5.73 Å². The Labute approximate surface area is 102 Å². The molecule has 0 aromatic carbocycles. The van der Waals surface area contributed by atoms with Crippen LogP contribution in [0.1, 0.15) is 19.8 Å². The van der Waals surface area contributed by atoms with E-state index in [0.29, 0.717) is 6.54 Å². The molecule has 0 radical (unpaired) electrons. The number of hydrogen-bond acceptors (Lipinski definition) is 4. The summed E-state index contributed by atoms with van der Waals surface area (Å²) in [5.74, 6) is -0.296. The van der Waals surface area contributed by atoms with Crippen LogP contribution in [0.15, 0.2) is 0 Å². The van der Waals surface area contributed by atoms with Crippen LogP contribution in [0.4, 0.5) is 0 Å². The Balaban J connectivity index is 2.27. The minimum atomic E-state index is -0.487. The zero-order valence-electron chi connectivity index (χ0n) is 10.5. The van der Waals surface area contributed by atoms with Crippen molar-refractivity contribution < 1.29 is 9.59 Å². The normalized spacial score (nSPS) is 19.7. The number of hydrogen-bond donors (Lipinski definition) is 3. The van der Waals surface area contributed by atoms with E-state index >= 15 is 0 Å². The Morgan fingerprint density at radius 3 is 2.53 bits per heavy atom. The number of likely N-dealkylation sites (N-methyl/N-ethyl adjacent to an activating group) is 1. The third-order valence-electron chi connectivity index (χ3n) is 3.02. The Bertz CT molecular complexity index is 275. The van der Waals surface area contributed by atoms with E-state index in [1.165, 1.54) is 0 Å². The van der Waals surface area contributed by atoms with Crippen molar-refractivity contribution in [2.24, 2.45) is 5.73 Å².